The Bertz CT molecular complexity index is 926. The number of aliphatic hydroxyl groups excluding tert-OH is 1. The van der Waals surface area contributed by atoms with E-state index < -0.39 is 67.8 Å². The van der Waals surface area contributed by atoms with Crippen LogP contribution >= 0.6 is 7.75 Å². The van der Waals surface area contributed by atoms with Crippen molar-refractivity contribution in [2.24, 2.45) is 0 Å². The molecule has 13 nitrogen and oxygen atoms in total. The van der Waals surface area contributed by atoms with Crippen LogP contribution in [0.2, 0.25) is 0 Å². The van der Waals surface area contributed by atoms with Gasteiger partial charge in [-0.15, -0.1) is 0 Å². The predicted molar refractivity (Wildman–Crippen MR) is 101 cm³/mol. The number of carbonyl (C=O) groups is 1. The molecule has 1 unspecified atom stereocenters. The maximum Gasteiger partial charge on any atom is 0.403 e. The second-order valence-electron chi connectivity index (χ2n) is 7.37. The number of esters is 1. The first kappa shape index (κ1) is 24.4. The molecule has 14 heteroatoms. The summed E-state index contributed by atoms with van der Waals surface area (Å²) in [6.07, 6.45) is -3.65. The van der Waals surface area contributed by atoms with Crippen LogP contribution in [0.3, 0.4) is 0 Å². The molecule has 2 heterocycles. The number of nitrogens with zero attached hydrogens (tertiary/aromatic N) is 1. The summed E-state index contributed by atoms with van der Waals surface area (Å²) in [5.41, 5.74) is -3.53. The maximum atomic E-state index is 12.2. The zero-order valence-corrected chi connectivity index (χ0v) is 17.7. The largest absolute Gasteiger partial charge is 0.462 e. The van der Waals surface area contributed by atoms with Crippen molar-refractivity contribution in [1.29, 1.82) is 0 Å². The first-order valence-electron chi connectivity index (χ1n) is 9.07. The van der Waals surface area contributed by atoms with Gasteiger partial charge in [-0.05, 0) is 27.7 Å². The molecule has 0 radical (unpaired) electrons. The molecular weight excluding hydrogens is 425 g/mol. The van der Waals surface area contributed by atoms with Crippen LogP contribution in [-0.2, 0) is 23.4 Å². The molecule has 1 saturated heterocycles. The minimum Gasteiger partial charge on any atom is -0.462 e. The molecule has 0 aliphatic carbocycles. The molecule has 30 heavy (non-hydrogen) atoms. The predicted octanol–water partition coefficient (Wildman–Crippen LogP) is -1.41. The Morgan fingerprint density at radius 2 is 2.07 bits per heavy atom. The number of hydrogen-bond donors (Lipinski definition) is 5. The molecule has 6 atom stereocenters. The van der Waals surface area contributed by atoms with Gasteiger partial charge in [-0.2, -0.15) is 0 Å². The highest BCUT2D eigenvalue weighted by molar-refractivity contribution is 7.50. The fourth-order valence-electron chi connectivity index (χ4n) is 2.83. The summed E-state index contributed by atoms with van der Waals surface area (Å²) in [6.45, 7) is 5.09. The Morgan fingerprint density at radius 1 is 1.43 bits per heavy atom. The average molecular weight is 451 g/mol. The number of carbonyl (C=O) groups excluding carboxylic acids is 1. The van der Waals surface area contributed by atoms with Crippen LogP contribution in [0.4, 0.5) is 0 Å². The van der Waals surface area contributed by atoms with Crippen molar-refractivity contribution in [1.82, 2.24) is 14.6 Å². The first-order chi connectivity index (χ1) is 13.7. The molecule has 5 N–H and O–H groups in total. The quantitative estimate of drug-likeness (QED) is 0.231. The van der Waals surface area contributed by atoms with Crippen LogP contribution in [0.15, 0.2) is 21.9 Å². The Labute approximate surface area is 171 Å². The van der Waals surface area contributed by atoms with Crippen LogP contribution in [0.25, 0.3) is 0 Å². The molecule has 170 valence electrons. The molecule has 0 spiro atoms. The van der Waals surface area contributed by atoms with Crippen LogP contribution in [0.5, 0.6) is 0 Å². The number of aromatic nitrogens is 2. The van der Waals surface area contributed by atoms with Crippen molar-refractivity contribution >= 4 is 13.7 Å². The van der Waals surface area contributed by atoms with Gasteiger partial charge in [0.2, 0.25) is 0 Å². The number of ether oxygens (including phenoxy) is 2. The Balaban J connectivity index is 2.06. The van der Waals surface area contributed by atoms with Crippen molar-refractivity contribution in [3.8, 4) is 0 Å². The van der Waals surface area contributed by atoms with Crippen molar-refractivity contribution in [2.75, 3.05) is 6.61 Å². The summed E-state index contributed by atoms with van der Waals surface area (Å²) in [7, 11) is -4.51. The van der Waals surface area contributed by atoms with E-state index >= 15 is 0 Å². The van der Waals surface area contributed by atoms with Crippen LogP contribution in [-0.4, -0.2) is 67.2 Å². The third-order valence-electron chi connectivity index (χ3n) is 4.33. The van der Waals surface area contributed by atoms with Gasteiger partial charge < -0.3 is 24.6 Å². The third-order valence-corrected chi connectivity index (χ3v) is 5.55. The molecule has 0 saturated carbocycles. The van der Waals surface area contributed by atoms with E-state index in [4.69, 9.17) is 14.0 Å². The summed E-state index contributed by atoms with van der Waals surface area (Å²) >= 11 is 0. The van der Waals surface area contributed by atoms with Crippen molar-refractivity contribution < 1.29 is 38.5 Å². The fourth-order valence-corrected chi connectivity index (χ4v) is 3.85. The van der Waals surface area contributed by atoms with Gasteiger partial charge in [0, 0.05) is 12.3 Å². The van der Waals surface area contributed by atoms with Gasteiger partial charge in [0.1, 0.15) is 23.9 Å². The molecule has 1 fully saturated rings. The Hall–Kier alpha value is -1.86. The zero-order chi connectivity index (χ0) is 22.9. The Morgan fingerprint density at radius 3 is 2.63 bits per heavy atom. The van der Waals surface area contributed by atoms with Gasteiger partial charge in [-0.25, -0.2) is 14.4 Å². The molecular formula is C16H26N3O10P. The Kier molecular flexibility index (Phi) is 7.41. The van der Waals surface area contributed by atoms with Crippen LogP contribution in [0.1, 0.15) is 33.9 Å². The summed E-state index contributed by atoms with van der Waals surface area (Å²) in [5, 5.41) is 23.0. The van der Waals surface area contributed by atoms with Crippen molar-refractivity contribution in [2.45, 2.75) is 63.9 Å². The van der Waals surface area contributed by atoms with Gasteiger partial charge in [0.05, 0.1) is 12.7 Å². The van der Waals surface area contributed by atoms with E-state index in [2.05, 4.69) is 5.09 Å². The van der Waals surface area contributed by atoms with Crippen LogP contribution < -0.4 is 16.3 Å². The first-order valence-corrected chi connectivity index (χ1v) is 10.7. The minimum atomic E-state index is -4.51. The van der Waals surface area contributed by atoms with E-state index in [0.717, 1.165) is 16.8 Å². The third kappa shape index (κ3) is 5.64. The number of H-pyrrole nitrogens is 1. The lowest BCUT2D eigenvalue weighted by Gasteiger charge is -2.27. The highest BCUT2D eigenvalue weighted by Crippen LogP contribution is 2.42. The normalized spacial score (nSPS) is 29.5. The molecule has 2 rings (SSSR count). The zero-order valence-electron chi connectivity index (χ0n) is 16.8. The number of rotatable bonds is 8. The van der Waals surface area contributed by atoms with Gasteiger partial charge in [0.15, 0.2) is 6.23 Å². The molecule has 1 aliphatic heterocycles. The lowest BCUT2D eigenvalue weighted by Crippen LogP contribution is -2.47. The summed E-state index contributed by atoms with van der Waals surface area (Å²) in [6, 6.07) is -0.131. The highest BCUT2D eigenvalue weighted by Gasteiger charge is 2.53. The summed E-state index contributed by atoms with van der Waals surface area (Å²) in [5.74, 6) is -0.763. The lowest BCUT2D eigenvalue weighted by molar-refractivity contribution is -0.149. The van der Waals surface area contributed by atoms with Crippen molar-refractivity contribution in [3.63, 3.8) is 0 Å². The monoisotopic (exact) mass is 451 g/mol. The molecule has 1 aliphatic rings. The number of hydrogen-bond acceptors (Lipinski definition) is 9. The number of aliphatic hydroxyl groups is 2. The van der Waals surface area contributed by atoms with E-state index in [1.54, 1.807) is 13.8 Å². The second kappa shape index (κ2) is 9.10. The molecule has 0 amide bonds. The topological polar surface area (TPSA) is 189 Å². The fraction of sp³-hybridized carbons (Fsp3) is 0.688. The minimum absolute atomic E-state index is 0.418. The lowest BCUT2D eigenvalue weighted by atomic mass is 9.96. The smallest absolute Gasteiger partial charge is 0.403 e. The van der Waals surface area contributed by atoms with Gasteiger partial charge in [-0.1, -0.05) is 0 Å². The highest BCUT2D eigenvalue weighted by atomic mass is 31.2. The van der Waals surface area contributed by atoms with E-state index in [1.165, 1.54) is 13.8 Å². The number of nitrogens with one attached hydrogen (secondary N) is 2. The van der Waals surface area contributed by atoms with Crippen LogP contribution in [0, 0.1) is 0 Å². The van der Waals surface area contributed by atoms with E-state index in [-0.39, 0.29) is 0 Å². The SMILES string of the molecule is CC(C)OC(=O)[C@H](C)NP(=O)(O)OC[C@H]1O[C@@H](n2ccc(=O)[nH]c2=O)[C@](C)(O)[C@@H]1O. The maximum absolute atomic E-state index is 12.2. The van der Waals surface area contributed by atoms with Gasteiger partial charge >= 0.3 is 19.4 Å². The second-order valence-corrected chi connectivity index (χ2v) is 8.92. The standard InChI is InChI=1S/C16H26N3O10P/c1-8(2)28-13(22)9(3)18-30(25,26)27-7-10-12(21)16(4,24)14(29-10)19-6-5-11(20)17-15(19)23/h5-6,8-10,12,14,21,24H,7H2,1-4H3,(H,17,20,23)(H2,18,25,26)/t9-,10+,12+,14+,16+/m0/s1. The molecule has 1 aromatic heterocycles. The summed E-state index contributed by atoms with van der Waals surface area (Å²) in [4.78, 5) is 46.9. The van der Waals surface area contributed by atoms with E-state index in [9.17, 15) is 34.1 Å². The molecule has 0 aromatic carbocycles. The summed E-state index contributed by atoms with van der Waals surface area (Å²) < 4.78 is 28.3. The molecule has 1 aromatic rings. The van der Waals surface area contributed by atoms with Gasteiger partial charge in [-0.3, -0.25) is 23.7 Å². The average Bonchev–Trinajstić information content (AvgIpc) is 2.82. The van der Waals surface area contributed by atoms with Crippen molar-refractivity contribution in [3.05, 3.63) is 33.1 Å². The molecule has 0 bridgehead atoms. The van der Waals surface area contributed by atoms with E-state index in [0.29, 0.717) is 0 Å². The van der Waals surface area contributed by atoms with E-state index in [1.807, 2.05) is 4.98 Å². The van der Waals surface area contributed by atoms with Gasteiger partial charge in [0.25, 0.3) is 5.56 Å². The number of aromatic amines is 1.